The first-order chi connectivity index (χ1) is 10.1. The highest BCUT2D eigenvalue weighted by Crippen LogP contribution is 2.47. The third kappa shape index (κ3) is 5.05. The van der Waals surface area contributed by atoms with Gasteiger partial charge in [0.25, 0.3) is 0 Å². The maximum absolute atomic E-state index is 5.36. The molecule has 0 bridgehead atoms. The molecule has 0 saturated carbocycles. The van der Waals surface area contributed by atoms with Crippen LogP contribution in [0.1, 0.15) is 32.1 Å². The van der Waals surface area contributed by atoms with E-state index in [9.17, 15) is 0 Å². The second kappa shape index (κ2) is 10.7. The second-order valence-electron chi connectivity index (χ2n) is 4.06. The van der Waals surface area contributed by atoms with Crippen molar-refractivity contribution in [2.75, 3.05) is 35.5 Å². The predicted octanol–water partition coefficient (Wildman–Crippen LogP) is 4.18. The molecule has 0 aliphatic heterocycles. The maximum atomic E-state index is 5.36. The number of ether oxygens (including phenoxy) is 5. The molecular formula is C15H25BrO5. The van der Waals surface area contributed by atoms with Crippen molar-refractivity contribution in [3.8, 4) is 17.2 Å². The summed E-state index contributed by atoms with van der Waals surface area (Å²) in [6.45, 7) is 4.25. The lowest BCUT2D eigenvalue weighted by Gasteiger charge is -2.21. The Balaban J connectivity index is 0.00000122. The van der Waals surface area contributed by atoms with Crippen LogP contribution in [0, 0.1) is 0 Å². The topological polar surface area (TPSA) is 46.2 Å². The third-order valence-corrected chi connectivity index (χ3v) is 3.06. The van der Waals surface area contributed by atoms with Crippen LogP contribution in [0.5, 0.6) is 17.2 Å². The Morgan fingerprint density at radius 3 is 1.62 bits per heavy atom. The van der Waals surface area contributed by atoms with Crippen LogP contribution in [-0.2, 0) is 9.47 Å². The van der Waals surface area contributed by atoms with E-state index in [0.717, 1.165) is 4.47 Å². The van der Waals surface area contributed by atoms with Gasteiger partial charge in [0.2, 0.25) is 5.75 Å². The van der Waals surface area contributed by atoms with Crippen LogP contribution in [0.3, 0.4) is 0 Å². The fourth-order valence-corrected chi connectivity index (χ4v) is 2.31. The monoisotopic (exact) mass is 364 g/mol. The van der Waals surface area contributed by atoms with E-state index >= 15 is 0 Å². The van der Waals surface area contributed by atoms with Gasteiger partial charge in [-0.05, 0) is 22.0 Å². The second-order valence-corrected chi connectivity index (χ2v) is 4.91. The standard InChI is InChI=1S/C12H17BrO5.C3H8/c1-14-9-7(12(17-4)18-5)6-8(13)10(15-2)11(9)16-3;1-3-2/h6,12H,1-5H3;3H2,1-2H3. The number of hydrogen-bond donors (Lipinski definition) is 0. The van der Waals surface area contributed by atoms with Gasteiger partial charge in [-0.1, -0.05) is 20.3 Å². The van der Waals surface area contributed by atoms with Crippen molar-refractivity contribution in [3.05, 3.63) is 16.1 Å². The molecule has 1 aromatic rings. The zero-order valence-electron chi connectivity index (χ0n) is 13.8. The largest absolute Gasteiger partial charge is 0.492 e. The van der Waals surface area contributed by atoms with Crippen molar-refractivity contribution >= 4 is 15.9 Å². The molecule has 0 heterocycles. The Morgan fingerprint density at radius 1 is 0.857 bits per heavy atom. The molecule has 0 unspecified atom stereocenters. The molecule has 0 saturated heterocycles. The number of rotatable bonds is 6. The van der Waals surface area contributed by atoms with E-state index in [1.165, 1.54) is 6.42 Å². The summed E-state index contributed by atoms with van der Waals surface area (Å²) < 4.78 is 27.2. The van der Waals surface area contributed by atoms with E-state index in [-0.39, 0.29) is 0 Å². The SMILES string of the molecule is CCC.COc1c(Br)cc(C(OC)OC)c(OC)c1OC. The first-order valence-electron chi connectivity index (χ1n) is 6.59. The van der Waals surface area contributed by atoms with Crippen molar-refractivity contribution in [2.24, 2.45) is 0 Å². The Hall–Kier alpha value is -0.980. The third-order valence-electron chi connectivity index (χ3n) is 2.47. The first-order valence-corrected chi connectivity index (χ1v) is 7.39. The Labute approximate surface area is 135 Å². The van der Waals surface area contributed by atoms with E-state index in [4.69, 9.17) is 23.7 Å². The van der Waals surface area contributed by atoms with E-state index in [0.29, 0.717) is 22.8 Å². The van der Waals surface area contributed by atoms with Gasteiger partial charge >= 0.3 is 0 Å². The van der Waals surface area contributed by atoms with Crippen LogP contribution < -0.4 is 14.2 Å². The Kier molecular flexibility index (Phi) is 10.2. The van der Waals surface area contributed by atoms with Gasteiger partial charge < -0.3 is 23.7 Å². The van der Waals surface area contributed by atoms with Crippen LogP contribution >= 0.6 is 15.9 Å². The van der Waals surface area contributed by atoms with Gasteiger partial charge in [0.1, 0.15) is 0 Å². The molecule has 1 aromatic carbocycles. The van der Waals surface area contributed by atoms with Crippen LogP contribution in [0.15, 0.2) is 10.5 Å². The van der Waals surface area contributed by atoms with Gasteiger partial charge in [0.05, 0.1) is 31.4 Å². The highest BCUT2D eigenvalue weighted by atomic mass is 79.9. The molecule has 1 rings (SSSR count). The minimum atomic E-state index is -0.545. The van der Waals surface area contributed by atoms with Crippen molar-refractivity contribution in [3.63, 3.8) is 0 Å². The van der Waals surface area contributed by atoms with Crippen molar-refractivity contribution in [1.82, 2.24) is 0 Å². The van der Waals surface area contributed by atoms with Gasteiger partial charge in [0, 0.05) is 14.2 Å². The molecule has 0 aliphatic rings. The zero-order valence-corrected chi connectivity index (χ0v) is 15.4. The number of benzene rings is 1. The van der Waals surface area contributed by atoms with Crippen molar-refractivity contribution in [1.29, 1.82) is 0 Å². The zero-order chi connectivity index (χ0) is 16.4. The molecule has 122 valence electrons. The van der Waals surface area contributed by atoms with E-state index in [2.05, 4.69) is 29.8 Å². The normalized spacial score (nSPS) is 9.95. The molecule has 5 nitrogen and oxygen atoms in total. The van der Waals surface area contributed by atoms with Crippen LogP contribution in [0.2, 0.25) is 0 Å². The molecule has 21 heavy (non-hydrogen) atoms. The van der Waals surface area contributed by atoms with Crippen molar-refractivity contribution < 1.29 is 23.7 Å². The summed E-state index contributed by atoms with van der Waals surface area (Å²) in [6, 6.07) is 1.82. The number of methoxy groups -OCH3 is 5. The minimum Gasteiger partial charge on any atom is -0.492 e. The number of hydrogen-bond acceptors (Lipinski definition) is 5. The summed E-state index contributed by atoms with van der Waals surface area (Å²) in [5.41, 5.74) is 0.715. The highest BCUT2D eigenvalue weighted by Gasteiger charge is 2.24. The van der Waals surface area contributed by atoms with Crippen LogP contribution in [0.25, 0.3) is 0 Å². The van der Waals surface area contributed by atoms with Gasteiger partial charge in [-0.25, -0.2) is 0 Å². The predicted molar refractivity (Wildman–Crippen MR) is 86.5 cm³/mol. The van der Waals surface area contributed by atoms with Gasteiger partial charge in [-0.3, -0.25) is 0 Å². The van der Waals surface area contributed by atoms with Gasteiger partial charge in [-0.2, -0.15) is 0 Å². The summed E-state index contributed by atoms with van der Waals surface area (Å²) >= 11 is 3.42. The maximum Gasteiger partial charge on any atom is 0.204 e. The van der Waals surface area contributed by atoms with Crippen LogP contribution in [-0.4, -0.2) is 35.5 Å². The van der Waals surface area contributed by atoms with E-state index in [1.807, 2.05) is 6.07 Å². The highest BCUT2D eigenvalue weighted by molar-refractivity contribution is 9.10. The van der Waals surface area contributed by atoms with Gasteiger partial charge in [-0.15, -0.1) is 0 Å². The molecule has 6 heteroatoms. The van der Waals surface area contributed by atoms with Crippen LogP contribution in [0.4, 0.5) is 0 Å². The molecule has 0 N–H and O–H groups in total. The molecule has 0 aliphatic carbocycles. The minimum absolute atomic E-state index is 0.489. The Bertz CT molecular complexity index is 419. The fraction of sp³-hybridized carbons (Fsp3) is 0.600. The molecule has 0 fully saturated rings. The summed E-state index contributed by atoms with van der Waals surface area (Å²) in [5, 5.41) is 0. The molecule has 0 atom stereocenters. The van der Waals surface area contributed by atoms with Gasteiger partial charge in [0.15, 0.2) is 17.8 Å². The molecular weight excluding hydrogens is 340 g/mol. The number of halogens is 1. The molecule has 0 radical (unpaired) electrons. The smallest absolute Gasteiger partial charge is 0.204 e. The Morgan fingerprint density at radius 2 is 1.29 bits per heavy atom. The van der Waals surface area contributed by atoms with E-state index in [1.54, 1.807) is 35.5 Å². The summed E-state index contributed by atoms with van der Waals surface area (Å²) in [6.07, 6.45) is 0.705. The lowest BCUT2D eigenvalue weighted by Crippen LogP contribution is -2.08. The first kappa shape index (κ1) is 20.0. The van der Waals surface area contributed by atoms with Crippen molar-refractivity contribution in [2.45, 2.75) is 26.6 Å². The summed E-state index contributed by atoms with van der Waals surface area (Å²) in [7, 11) is 7.77. The van der Waals surface area contributed by atoms with E-state index < -0.39 is 6.29 Å². The molecule has 0 aromatic heterocycles. The molecule has 0 spiro atoms. The fourth-order valence-electron chi connectivity index (χ4n) is 1.72. The molecule has 0 amide bonds. The average Bonchev–Trinajstić information content (AvgIpc) is 2.48. The summed E-state index contributed by atoms with van der Waals surface area (Å²) in [5.74, 6) is 1.57. The average molecular weight is 365 g/mol. The lowest BCUT2D eigenvalue weighted by molar-refractivity contribution is -0.107. The lowest BCUT2D eigenvalue weighted by atomic mass is 10.1. The summed E-state index contributed by atoms with van der Waals surface area (Å²) in [4.78, 5) is 0. The quantitative estimate of drug-likeness (QED) is 0.708.